The van der Waals surface area contributed by atoms with Crippen LogP contribution in [0.2, 0.25) is 0 Å². The minimum absolute atomic E-state index is 0.0743. The van der Waals surface area contributed by atoms with Gasteiger partial charge < -0.3 is 29.6 Å². The summed E-state index contributed by atoms with van der Waals surface area (Å²) in [6, 6.07) is 25.7. The van der Waals surface area contributed by atoms with Crippen molar-refractivity contribution >= 4 is 0 Å². The zero-order chi connectivity index (χ0) is 28.8. The molecule has 2 aliphatic heterocycles. The van der Waals surface area contributed by atoms with Crippen LogP contribution in [0.5, 0.6) is 11.5 Å². The number of benzene rings is 3. The molecule has 6 nitrogen and oxygen atoms in total. The van der Waals surface area contributed by atoms with Gasteiger partial charge in [-0.3, -0.25) is 0 Å². The van der Waals surface area contributed by atoms with Crippen LogP contribution in [-0.4, -0.2) is 66.8 Å². The highest BCUT2D eigenvalue weighted by atomic mass is 16.5. The van der Waals surface area contributed by atoms with Gasteiger partial charge in [-0.05, 0) is 46.5 Å². The minimum Gasteiger partial charge on any atom is -0.497 e. The fraction of sp³-hybridized carbons (Fsp3) is 0.471. The van der Waals surface area contributed by atoms with Crippen LogP contribution in [0.1, 0.15) is 49.9 Å². The summed E-state index contributed by atoms with van der Waals surface area (Å²) in [7, 11) is 3.40. The average Bonchev–Trinajstić information content (AvgIpc) is 3.03. The molecular weight excluding hydrogens is 500 g/mol. The standard InChI is InChI=1S/C26H30O2.2C4H9NO/c1-25(2,21-11-15-23(27-5)16-12-21)19-7-9-20(10-8-19)26(3,4)22-13-17-24(28-6)18-14-22;2*1-3-6-4-2-5-1/h7-18H,1-6H3;2*5H,1-4H2. The fourth-order valence-corrected chi connectivity index (χ4v) is 4.68. The van der Waals surface area contributed by atoms with Crippen LogP contribution < -0.4 is 20.1 Å². The topological polar surface area (TPSA) is 61.0 Å². The third kappa shape index (κ3) is 9.07. The molecule has 0 atom stereocenters. The van der Waals surface area contributed by atoms with Gasteiger partial charge in [0.25, 0.3) is 0 Å². The van der Waals surface area contributed by atoms with Gasteiger partial charge >= 0.3 is 0 Å². The van der Waals surface area contributed by atoms with E-state index in [1.54, 1.807) is 14.2 Å². The molecule has 2 aliphatic rings. The largest absolute Gasteiger partial charge is 0.497 e. The molecule has 6 heteroatoms. The van der Waals surface area contributed by atoms with Crippen molar-refractivity contribution in [1.82, 2.24) is 10.6 Å². The molecular formula is C34H48N2O4. The number of morpholine rings is 2. The highest BCUT2D eigenvalue weighted by molar-refractivity contribution is 5.45. The Morgan fingerprint density at radius 2 is 0.725 bits per heavy atom. The quantitative estimate of drug-likeness (QED) is 0.420. The van der Waals surface area contributed by atoms with Crippen LogP contribution in [-0.2, 0) is 20.3 Å². The first-order valence-electron chi connectivity index (χ1n) is 14.3. The number of ether oxygens (including phenoxy) is 4. The Bertz CT molecular complexity index is 989. The number of methoxy groups -OCH3 is 2. The third-order valence-corrected chi connectivity index (χ3v) is 7.64. The predicted octanol–water partition coefficient (Wildman–Crippen LogP) is 5.57. The maximum atomic E-state index is 5.29. The summed E-state index contributed by atoms with van der Waals surface area (Å²) in [4.78, 5) is 0. The monoisotopic (exact) mass is 548 g/mol. The maximum absolute atomic E-state index is 5.29. The Morgan fingerprint density at radius 1 is 0.475 bits per heavy atom. The number of hydrogen-bond acceptors (Lipinski definition) is 6. The molecule has 2 saturated heterocycles. The smallest absolute Gasteiger partial charge is 0.118 e. The SMILES string of the molecule is C1COCCN1.C1COCCN1.COc1ccc(C(C)(C)c2ccc(C(C)(C)c3ccc(OC)cc3)cc2)cc1. The molecule has 2 heterocycles. The molecule has 2 fully saturated rings. The molecule has 5 rings (SSSR count). The lowest BCUT2D eigenvalue weighted by molar-refractivity contribution is 0.109. The molecule has 2 N–H and O–H groups in total. The van der Waals surface area contributed by atoms with E-state index >= 15 is 0 Å². The Kier molecular flexibility index (Phi) is 12.5. The van der Waals surface area contributed by atoms with Gasteiger partial charge in [0.15, 0.2) is 0 Å². The van der Waals surface area contributed by atoms with Gasteiger partial charge in [0.1, 0.15) is 11.5 Å². The van der Waals surface area contributed by atoms with Crippen molar-refractivity contribution < 1.29 is 18.9 Å². The summed E-state index contributed by atoms with van der Waals surface area (Å²) >= 11 is 0. The van der Waals surface area contributed by atoms with Crippen molar-refractivity contribution in [3.63, 3.8) is 0 Å². The molecule has 0 radical (unpaired) electrons. The van der Waals surface area contributed by atoms with Gasteiger partial charge in [0.05, 0.1) is 40.6 Å². The van der Waals surface area contributed by atoms with E-state index in [0.29, 0.717) is 0 Å². The molecule has 0 aromatic heterocycles. The van der Waals surface area contributed by atoms with Gasteiger partial charge in [-0.1, -0.05) is 76.2 Å². The van der Waals surface area contributed by atoms with Crippen LogP contribution in [0.3, 0.4) is 0 Å². The zero-order valence-electron chi connectivity index (χ0n) is 25.2. The normalized spacial score (nSPS) is 15.6. The van der Waals surface area contributed by atoms with Gasteiger partial charge in [-0.15, -0.1) is 0 Å². The summed E-state index contributed by atoms with van der Waals surface area (Å²) in [6.07, 6.45) is 0. The molecule has 3 aromatic rings. The van der Waals surface area contributed by atoms with E-state index in [0.717, 1.165) is 64.1 Å². The number of nitrogens with one attached hydrogen (secondary N) is 2. The predicted molar refractivity (Wildman–Crippen MR) is 164 cm³/mol. The van der Waals surface area contributed by atoms with E-state index in [4.69, 9.17) is 18.9 Å². The lowest BCUT2D eigenvalue weighted by Crippen LogP contribution is -2.30. The van der Waals surface area contributed by atoms with Gasteiger partial charge in [-0.25, -0.2) is 0 Å². The van der Waals surface area contributed by atoms with Crippen molar-refractivity contribution in [3.8, 4) is 11.5 Å². The summed E-state index contributed by atoms with van der Waals surface area (Å²) in [5.41, 5.74) is 4.99. The minimum atomic E-state index is -0.0743. The zero-order valence-corrected chi connectivity index (χ0v) is 25.2. The van der Waals surface area contributed by atoms with Gasteiger partial charge in [0.2, 0.25) is 0 Å². The molecule has 0 spiro atoms. The van der Waals surface area contributed by atoms with Crippen LogP contribution in [0.15, 0.2) is 72.8 Å². The van der Waals surface area contributed by atoms with E-state index in [1.807, 2.05) is 24.3 Å². The number of rotatable bonds is 6. The molecule has 218 valence electrons. The van der Waals surface area contributed by atoms with E-state index in [2.05, 4.69) is 86.9 Å². The second-order valence-corrected chi connectivity index (χ2v) is 11.0. The van der Waals surface area contributed by atoms with Crippen molar-refractivity contribution in [3.05, 3.63) is 95.1 Å². The summed E-state index contributed by atoms with van der Waals surface area (Å²) in [5.74, 6) is 1.77. The van der Waals surface area contributed by atoms with E-state index in [1.165, 1.54) is 22.3 Å². The maximum Gasteiger partial charge on any atom is 0.118 e. The first-order valence-corrected chi connectivity index (χ1v) is 14.3. The highest BCUT2D eigenvalue weighted by Gasteiger charge is 2.26. The summed E-state index contributed by atoms with van der Waals surface area (Å²) in [5, 5.41) is 6.32. The van der Waals surface area contributed by atoms with E-state index < -0.39 is 0 Å². The average molecular weight is 549 g/mol. The van der Waals surface area contributed by atoms with Crippen molar-refractivity contribution in [2.24, 2.45) is 0 Å². The first-order chi connectivity index (χ1) is 19.3. The van der Waals surface area contributed by atoms with E-state index in [9.17, 15) is 0 Å². The van der Waals surface area contributed by atoms with E-state index in [-0.39, 0.29) is 10.8 Å². The van der Waals surface area contributed by atoms with Gasteiger partial charge in [-0.2, -0.15) is 0 Å². The molecule has 0 unspecified atom stereocenters. The summed E-state index contributed by atoms with van der Waals surface area (Å²) < 4.78 is 20.6. The Balaban J connectivity index is 0.000000300. The third-order valence-electron chi connectivity index (χ3n) is 7.64. The van der Waals surface area contributed by atoms with Crippen molar-refractivity contribution in [2.75, 3.05) is 66.8 Å². The molecule has 40 heavy (non-hydrogen) atoms. The first kappa shape index (κ1) is 31.6. The van der Waals surface area contributed by atoms with Crippen molar-refractivity contribution in [1.29, 1.82) is 0 Å². The second kappa shape index (κ2) is 15.8. The molecule has 3 aromatic carbocycles. The van der Waals surface area contributed by atoms with Crippen LogP contribution in [0, 0.1) is 0 Å². The molecule has 0 saturated carbocycles. The Labute approximate surface area is 241 Å². The van der Waals surface area contributed by atoms with Crippen LogP contribution in [0.25, 0.3) is 0 Å². The highest BCUT2D eigenvalue weighted by Crippen LogP contribution is 2.36. The van der Waals surface area contributed by atoms with Gasteiger partial charge in [0, 0.05) is 37.0 Å². The summed E-state index contributed by atoms with van der Waals surface area (Å²) in [6.45, 7) is 16.7. The van der Waals surface area contributed by atoms with Crippen LogP contribution >= 0.6 is 0 Å². The Morgan fingerprint density at radius 3 is 0.900 bits per heavy atom. The molecule has 0 bridgehead atoms. The fourth-order valence-electron chi connectivity index (χ4n) is 4.68. The number of hydrogen-bond donors (Lipinski definition) is 2. The lowest BCUT2D eigenvalue weighted by atomic mass is 9.74. The Hall–Kier alpha value is -2.90. The lowest BCUT2D eigenvalue weighted by Gasteiger charge is -2.29. The molecule has 0 aliphatic carbocycles. The van der Waals surface area contributed by atoms with Crippen LogP contribution in [0.4, 0.5) is 0 Å². The second-order valence-electron chi connectivity index (χ2n) is 11.0. The molecule has 0 amide bonds. The van der Waals surface area contributed by atoms with Crippen molar-refractivity contribution in [2.45, 2.75) is 38.5 Å².